The highest BCUT2D eigenvalue weighted by Gasteiger charge is 2.19. The number of nitrogens with zero attached hydrogens (tertiary/aromatic N) is 5. The van der Waals surface area contributed by atoms with Gasteiger partial charge in [0.1, 0.15) is 5.82 Å². The second-order valence-corrected chi connectivity index (χ2v) is 7.86. The largest absolute Gasteiger partial charge is 0.232 e. The van der Waals surface area contributed by atoms with E-state index in [9.17, 15) is 4.39 Å². The monoisotopic (exact) mass is 375 g/mol. The first kappa shape index (κ1) is 17.2. The van der Waals surface area contributed by atoms with Gasteiger partial charge in [0.15, 0.2) is 5.65 Å². The van der Waals surface area contributed by atoms with E-state index in [0.717, 1.165) is 35.4 Å². The van der Waals surface area contributed by atoms with Gasteiger partial charge in [0.2, 0.25) is 0 Å². The van der Waals surface area contributed by atoms with Crippen LogP contribution >= 0.6 is 0 Å². The van der Waals surface area contributed by atoms with Crippen LogP contribution in [0.25, 0.3) is 27.8 Å². The van der Waals surface area contributed by atoms with E-state index in [1.807, 2.05) is 38.2 Å². The molecular weight excluding hydrogens is 353 g/mol. The molecule has 0 bridgehead atoms. The van der Waals surface area contributed by atoms with Crippen molar-refractivity contribution in [2.24, 2.45) is 0 Å². The van der Waals surface area contributed by atoms with Crippen molar-refractivity contribution in [1.29, 1.82) is 0 Å². The topological polar surface area (TPSA) is 56.0 Å². The summed E-state index contributed by atoms with van der Waals surface area (Å²) in [5, 5.41) is 13.9. The lowest BCUT2D eigenvalue weighted by atomic mass is 9.86. The SMILES string of the molecule is Cc1cn2nc(-c3cc(F)c4cc(C5CCCCC5)nnc4c3)cc(C)c2n1. The Bertz CT molecular complexity index is 1190. The lowest BCUT2D eigenvalue weighted by Gasteiger charge is -2.20. The van der Waals surface area contributed by atoms with Crippen LogP contribution in [0.15, 0.2) is 30.5 Å². The Morgan fingerprint density at radius 3 is 2.64 bits per heavy atom. The molecule has 0 spiro atoms. The number of halogens is 1. The number of aryl methyl sites for hydroxylation is 2. The standard InChI is InChI=1S/C22H22FN5/c1-13-8-20(27-28-12-14(2)24-22(13)28)16-9-18(23)17-11-19(25-26-21(17)10-16)15-6-4-3-5-7-15/h8-12,15H,3-7H2,1-2H3. The molecule has 1 aliphatic rings. The average molecular weight is 375 g/mol. The minimum absolute atomic E-state index is 0.277. The highest BCUT2D eigenvalue weighted by Crippen LogP contribution is 2.33. The number of imidazole rings is 1. The molecule has 142 valence electrons. The van der Waals surface area contributed by atoms with E-state index in [0.29, 0.717) is 28.1 Å². The van der Waals surface area contributed by atoms with Gasteiger partial charge in [-0.1, -0.05) is 19.3 Å². The van der Waals surface area contributed by atoms with Crippen molar-refractivity contribution >= 4 is 16.6 Å². The zero-order valence-corrected chi connectivity index (χ0v) is 16.1. The number of aromatic nitrogens is 5. The molecule has 1 aromatic carbocycles. The molecule has 3 heterocycles. The van der Waals surface area contributed by atoms with E-state index in [1.165, 1.54) is 19.3 Å². The van der Waals surface area contributed by atoms with Crippen molar-refractivity contribution in [2.75, 3.05) is 0 Å². The van der Waals surface area contributed by atoms with Crippen molar-refractivity contribution in [3.05, 3.63) is 53.2 Å². The lowest BCUT2D eigenvalue weighted by Crippen LogP contribution is -2.07. The van der Waals surface area contributed by atoms with Gasteiger partial charge >= 0.3 is 0 Å². The molecule has 0 radical (unpaired) electrons. The quantitative estimate of drug-likeness (QED) is 0.487. The minimum Gasteiger partial charge on any atom is -0.232 e. The normalized spacial score (nSPS) is 15.5. The first-order chi connectivity index (χ1) is 13.6. The van der Waals surface area contributed by atoms with Gasteiger partial charge in [0, 0.05) is 16.9 Å². The third kappa shape index (κ3) is 2.93. The van der Waals surface area contributed by atoms with Crippen LogP contribution in [0, 0.1) is 19.7 Å². The zero-order valence-electron chi connectivity index (χ0n) is 16.1. The van der Waals surface area contributed by atoms with E-state index in [2.05, 4.69) is 20.3 Å². The predicted octanol–water partition coefficient (Wildman–Crippen LogP) is 5.14. The summed E-state index contributed by atoms with van der Waals surface area (Å²) in [6.07, 6.45) is 7.82. The van der Waals surface area contributed by atoms with Gasteiger partial charge in [-0.25, -0.2) is 13.9 Å². The highest BCUT2D eigenvalue weighted by molar-refractivity contribution is 5.84. The van der Waals surface area contributed by atoms with Gasteiger partial charge in [0.25, 0.3) is 0 Å². The fourth-order valence-corrected chi connectivity index (χ4v) is 4.25. The summed E-state index contributed by atoms with van der Waals surface area (Å²) in [6, 6.07) is 7.24. The summed E-state index contributed by atoms with van der Waals surface area (Å²) in [5.74, 6) is 0.127. The maximum atomic E-state index is 15.0. The van der Waals surface area contributed by atoms with Crippen LogP contribution in [-0.4, -0.2) is 24.8 Å². The maximum absolute atomic E-state index is 15.0. The summed E-state index contributed by atoms with van der Waals surface area (Å²) in [6.45, 7) is 3.92. The van der Waals surface area contributed by atoms with Crippen LogP contribution in [0.4, 0.5) is 4.39 Å². The van der Waals surface area contributed by atoms with Crippen LogP contribution in [0.5, 0.6) is 0 Å². The second-order valence-electron chi connectivity index (χ2n) is 7.86. The van der Waals surface area contributed by atoms with Gasteiger partial charge in [-0.2, -0.15) is 15.3 Å². The molecule has 6 heteroatoms. The molecule has 1 saturated carbocycles. The number of benzene rings is 1. The molecule has 0 atom stereocenters. The first-order valence-corrected chi connectivity index (χ1v) is 9.89. The molecule has 0 unspecified atom stereocenters. The van der Waals surface area contributed by atoms with E-state index >= 15 is 0 Å². The van der Waals surface area contributed by atoms with Crippen LogP contribution < -0.4 is 0 Å². The van der Waals surface area contributed by atoms with Crippen molar-refractivity contribution in [1.82, 2.24) is 24.8 Å². The molecule has 0 N–H and O–H groups in total. The van der Waals surface area contributed by atoms with Gasteiger partial charge in [-0.3, -0.25) is 0 Å². The van der Waals surface area contributed by atoms with Crippen LogP contribution in [-0.2, 0) is 0 Å². The molecule has 5 rings (SSSR count). The molecule has 1 fully saturated rings. The Hall–Kier alpha value is -2.89. The number of hydrogen-bond acceptors (Lipinski definition) is 4. The predicted molar refractivity (Wildman–Crippen MR) is 107 cm³/mol. The Labute approximate surface area is 162 Å². The molecule has 3 aromatic heterocycles. The van der Waals surface area contributed by atoms with Gasteiger partial charge in [-0.15, -0.1) is 0 Å². The molecule has 28 heavy (non-hydrogen) atoms. The fraction of sp³-hybridized carbons (Fsp3) is 0.364. The van der Waals surface area contributed by atoms with Gasteiger partial charge < -0.3 is 0 Å². The van der Waals surface area contributed by atoms with E-state index in [1.54, 1.807) is 10.6 Å². The Morgan fingerprint density at radius 2 is 1.82 bits per heavy atom. The molecular formula is C22H22FN5. The lowest BCUT2D eigenvalue weighted by molar-refractivity contribution is 0.434. The number of fused-ring (bicyclic) bond motifs is 2. The van der Waals surface area contributed by atoms with E-state index < -0.39 is 0 Å². The summed E-state index contributed by atoms with van der Waals surface area (Å²) in [4.78, 5) is 4.47. The van der Waals surface area contributed by atoms with Crippen molar-refractivity contribution in [3.63, 3.8) is 0 Å². The molecule has 1 aliphatic carbocycles. The van der Waals surface area contributed by atoms with Crippen molar-refractivity contribution < 1.29 is 4.39 Å². The minimum atomic E-state index is -0.277. The maximum Gasteiger partial charge on any atom is 0.156 e. The molecule has 0 amide bonds. The Morgan fingerprint density at radius 1 is 1.00 bits per heavy atom. The smallest absolute Gasteiger partial charge is 0.156 e. The van der Waals surface area contributed by atoms with Crippen LogP contribution in [0.1, 0.15) is 55.0 Å². The second kappa shape index (κ2) is 6.62. The summed E-state index contributed by atoms with van der Waals surface area (Å²) < 4.78 is 16.7. The Kier molecular flexibility index (Phi) is 4.07. The third-order valence-corrected chi connectivity index (χ3v) is 5.72. The molecule has 0 saturated heterocycles. The third-order valence-electron chi connectivity index (χ3n) is 5.72. The Balaban J connectivity index is 1.59. The van der Waals surface area contributed by atoms with Crippen LogP contribution in [0.2, 0.25) is 0 Å². The molecule has 4 aromatic rings. The van der Waals surface area contributed by atoms with E-state index in [4.69, 9.17) is 0 Å². The summed E-state index contributed by atoms with van der Waals surface area (Å²) in [5.41, 5.74) is 5.59. The van der Waals surface area contributed by atoms with Gasteiger partial charge in [-0.05, 0) is 56.5 Å². The number of rotatable bonds is 2. The first-order valence-electron chi connectivity index (χ1n) is 9.89. The van der Waals surface area contributed by atoms with Crippen molar-refractivity contribution in [3.8, 4) is 11.3 Å². The zero-order chi connectivity index (χ0) is 19.3. The van der Waals surface area contributed by atoms with E-state index in [-0.39, 0.29) is 5.82 Å². The summed E-state index contributed by atoms with van der Waals surface area (Å²) >= 11 is 0. The van der Waals surface area contributed by atoms with Crippen LogP contribution in [0.3, 0.4) is 0 Å². The molecule has 0 aliphatic heterocycles. The van der Waals surface area contributed by atoms with Gasteiger partial charge in [0.05, 0.1) is 28.8 Å². The van der Waals surface area contributed by atoms with Crippen molar-refractivity contribution in [2.45, 2.75) is 51.9 Å². The summed E-state index contributed by atoms with van der Waals surface area (Å²) in [7, 11) is 0. The number of hydrogen-bond donors (Lipinski definition) is 0. The molecule has 5 nitrogen and oxygen atoms in total. The average Bonchev–Trinajstić information content (AvgIpc) is 3.09. The highest BCUT2D eigenvalue weighted by atomic mass is 19.1. The fourth-order valence-electron chi connectivity index (χ4n) is 4.25.